The van der Waals surface area contributed by atoms with E-state index in [-0.39, 0.29) is 11.3 Å². The number of benzene rings is 4. The summed E-state index contributed by atoms with van der Waals surface area (Å²) < 4.78 is -0.761. The lowest BCUT2D eigenvalue weighted by molar-refractivity contribution is -0.387. The van der Waals surface area contributed by atoms with Gasteiger partial charge >= 0.3 is 0 Å². The topological polar surface area (TPSA) is 86.2 Å². The van der Waals surface area contributed by atoms with Crippen molar-refractivity contribution in [2.45, 2.75) is 9.64 Å². The number of nitrogens with zero attached hydrogens (tertiary/aromatic N) is 1. The summed E-state index contributed by atoms with van der Waals surface area (Å²) in [4.78, 5) is 23.5. The van der Waals surface area contributed by atoms with Crippen LogP contribution in [0.2, 0.25) is 0 Å². The normalized spacial score (nSPS) is 11.1. The summed E-state index contributed by atoms with van der Waals surface area (Å²) in [5.41, 5.74) is 8.26. The largest absolute Gasteiger partial charge is 0.366 e. The van der Waals surface area contributed by atoms with Gasteiger partial charge < -0.3 is 5.73 Å². The number of amides is 1. The third-order valence-electron chi connectivity index (χ3n) is 5.24. The fraction of sp³-hybridized carbons (Fsp3) is 0.0385. The number of carbonyl (C=O) groups excluding carboxylic acids is 1. The molecule has 0 fully saturated rings. The average Bonchev–Trinajstić information content (AvgIpc) is 2.84. The van der Waals surface area contributed by atoms with Crippen LogP contribution >= 0.6 is 11.8 Å². The van der Waals surface area contributed by atoms with Gasteiger partial charge in [0, 0.05) is 11.6 Å². The van der Waals surface area contributed by atoms with Crippen LogP contribution in [0.1, 0.15) is 27.0 Å². The fourth-order valence-electron chi connectivity index (χ4n) is 3.76. The molecule has 0 spiro atoms. The summed E-state index contributed by atoms with van der Waals surface area (Å²) in [5, 5.41) is 11.9. The van der Waals surface area contributed by atoms with Gasteiger partial charge in [-0.1, -0.05) is 103 Å². The number of thioether (sulfide) groups is 1. The molecule has 0 unspecified atom stereocenters. The van der Waals surface area contributed by atoms with Gasteiger partial charge in [0.1, 0.15) is 0 Å². The zero-order valence-electron chi connectivity index (χ0n) is 17.0. The van der Waals surface area contributed by atoms with Gasteiger partial charge in [-0.2, -0.15) is 0 Å². The van der Waals surface area contributed by atoms with E-state index in [0.29, 0.717) is 4.90 Å². The van der Waals surface area contributed by atoms with Crippen LogP contribution in [0.3, 0.4) is 0 Å². The molecule has 0 radical (unpaired) electrons. The van der Waals surface area contributed by atoms with Gasteiger partial charge in [-0.25, -0.2) is 0 Å². The van der Waals surface area contributed by atoms with Crippen molar-refractivity contribution in [1.82, 2.24) is 0 Å². The Kier molecular flexibility index (Phi) is 6.05. The zero-order valence-corrected chi connectivity index (χ0v) is 17.9. The summed E-state index contributed by atoms with van der Waals surface area (Å²) in [5.74, 6) is -0.704. The Bertz CT molecular complexity index is 1150. The molecule has 0 aliphatic rings. The molecular weight excluding hydrogens is 420 g/mol. The van der Waals surface area contributed by atoms with E-state index in [9.17, 15) is 14.9 Å². The van der Waals surface area contributed by atoms with Gasteiger partial charge in [0.15, 0.2) is 0 Å². The molecule has 0 atom stereocenters. The van der Waals surface area contributed by atoms with Crippen molar-refractivity contribution in [2.24, 2.45) is 5.73 Å². The van der Waals surface area contributed by atoms with Crippen LogP contribution in [0.5, 0.6) is 0 Å². The Morgan fingerprint density at radius 3 is 1.56 bits per heavy atom. The Hall–Kier alpha value is -3.90. The highest BCUT2D eigenvalue weighted by atomic mass is 32.2. The molecule has 2 N–H and O–H groups in total. The van der Waals surface area contributed by atoms with Crippen LogP contribution in [0, 0.1) is 10.1 Å². The van der Waals surface area contributed by atoms with Crippen molar-refractivity contribution < 1.29 is 9.72 Å². The summed E-state index contributed by atoms with van der Waals surface area (Å²) in [6.45, 7) is 0. The first-order chi connectivity index (χ1) is 15.5. The fourth-order valence-corrected chi connectivity index (χ4v) is 5.23. The van der Waals surface area contributed by atoms with E-state index < -0.39 is 15.6 Å². The summed E-state index contributed by atoms with van der Waals surface area (Å²) in [6.07, 6.45) is 0. The van der Waals surface area contributed by atoms with E-state index in [2.05, 4.69) is 0 Å². The number of nitro benzene ring substituents is 1. The van der Waals surface area contributed by atoms with E-state index >= 15 is 0 Å². The molecule has 0 aliphatic carbocycles. The Labute approximate surface area is 190 Å². The minimum absolute atomic E-state index is 0.103. The molecule has 0 bridgehead atoms. The van der Waals surface area contributed by atoms with Crippen molar-refractivity contribution in [3.63, 3.8) is 0 Å². The second kappa shape index (κ2) is 9.08. The van der Waals surface area contributed by atoms with Crippen LogP contribution in [-0.2, 0) is 4.75 Å². The Balaban J connectivity index is 2.01. The number of hydrogen-bond donors (Lipinski definition) is 1. The number of carbonyl (C=O) groups is 1. The van der Waals surface area contributed by atoms with Crippen molar-refractivity contribution in [3.8, 4) is 0 Å². The first-order valence-electron chi connectivity index (χ1n) is 9.96. The van der Waals surface area contributed by atoms with Crippen molar-refractivity contribution >= 4 is 23.4 Å². The monoisotopic (exact) mass is 440 g/mol. The predicted octanol–water partition coefficient (Wildman–Crippen LogP) is 5.78. The third-order valence-corrected chi connectivity index (χ3v) is 6.82. The Morgan fingerprint density at radius 2 is 1.19 bits per heavy atom. The predicted molar refractivity (Wildman–Crippen MR) is 127 cm³/mol. The maximum atomic E-state index is 11.9. The van der Waals surface area contributed by atoms with Crippen molar-refractivity contribution in [3.05, 3.63) is 142 Å². The summed E-state index contributed by atoms with van der Waals surface area (Å²) in [7, 11) is 0. The van der Waals surface area contributed by atoms with Gasteiger partial charge in [0.05, 0.1) is 14.6 Å². The third kappa shape index (κ3) is 4.00. The first kappa shape index (κ1) is 21.3. The lowest BCUT2D eigenvalue weighted by atomic mass is 9.84. The first-order valence-corrected chi connectivity index (χ1v) is 10.8. The van der Waals surface area contributed by atoms with E-state index in [1.165, 1.54) is 23.9 Å². The molecule has 6 heteroatoms. The SMILES string of the molecule is NC(=O)c1ccc(SC(c2ccccc2)(c2ccccc2)c2ccccc2)c([N+](=O)[O-])c1. The highest BCUT2D eigenvalue weighted by Gasteiger charge is 2.39. The molecule has 0 aromatic heterocycles. The number of nitro groups is 1. The zero-order chi connectivity index (χ0) is 22.6. The standard InChI is InChI=1S/C26H20N2O3S/c27-25(29)19-16-17-24(23(18-19)28(30)31)32-26(20-10-4-1-5-11-20,21-12-6-2-7-13-21)22-14-8-3-9-15-22/h1-18H,(H2,27,29). The lowest BCUT2D eigenvalue weighted by Crippen LogP contribution is -2.25. The van der Waals surface area contributed by atoms with Gasteiger partial charge in [-0.15, -0.1) is 0 Å². The second-order valence-electron chi connectivity index (χ2n) is 7.19. The van der Waals surface area contributed by atoms with E-state index in [1.807, 2.05) is 91.0 Å². The minimum atomic E-state index is -0.761. The number of rotatable bonds is 7. The Morgan fingerprint density at radius 1 is 0.750 bits per heavy atom. The van der Waals surface area contributed by atoms with E-state index in [1.54, 1.807) is 6.07 Å². The van der Waals surface area contributed by atoms with Crippen LogP contribution in [0.25, 0.3) is 0 Å². The molecule has 4 rings (SSSR count). The second-order valence-corrected chi connectivity index (χ2v) is 8.44. The lowest BCUT2D eigenvalue weighted by Gasteiger charge is -2.35. The summed E-state index contributed by atoms with van der Waals surface area (Å²) in [6, 6.07) is 34.1. The molecule has 4 aromatic carbocycles. The number of primary amides is 1. The number of nitrogens with two attached hydrogens (primary N) is 1. The van der Waals surface area contributed by atoms with Crippen molar-refractivity contribution in [2.75, 3.05) is 0 Å². The molecule has 158 valence electrons. The van der Waals surface area contributed by atoms with E-state index in [4.69, 9.17) is 5.73 Å². The molecule has 1 amide bonds. The maximum Gasteiger partial charge on any atom is 0.283 e. The highest BCUT2D eigenvalue weighted by Crippen LogP contribution is 2.53. The molecule has 5 nitrogen and oxygen atoms in total. The quantitative estimate of drug-likeness (QED) is 0.171. The van der Waals surface area contributed by atoms with Gasteiger partial charge in [0.2, 0.25) is 5.91 Å². The smallest absolute Gasteiger partial charge is 0.283 e. The molecule has 0 saturated carbocycles. The van der Waals surface area contributed by atoms with Gasteiger partial charge in [-0.3, -0.25) is 14.9 Å². The van der Waals surface area contributed by atoms with E-state index in [0.717, 1.165) is 16.7 Å². The molecule has 32 heavy (non-hydrogen) atoms. The highest BCUT2D eigenvalue weighted by molar-refractivity contribution is 8.00. The van der Waals surface area contributed by atoms with Gasteiger partial charge in [-0.05, 0) is 28.8 Å². The molecule has 0 saturated heterocycles. The number of hydrogen-bond acceptors (Lipinski definition) is 4. The van der Waals surface area contributed by atoms with Gasteiger partial charge in [0.25, 0.3) is 5.69 Å². The average molecular weight is 441 g/mol. The van der Waals surface area contributed by atoms with Crippen LogP contribution < -0.4 is 5.73 Å². The van der Waals surface area contributed by atoms with Crippen LogP contribution in [-0.4, -0.2) is 10.8 Å². The molecule has 0 heterocycles. The maximum absolute atomic E-state index is 11.9. The minimum Gasteiger partial charge on any atom is -0.366 e. The molecule has 0 aliphatic heterocycles. The van der Waals surface area contributed by atoms with Crippen LogP contribution in [0.4, 0.5) is 5.69 Å². The van der Waals surface area contributed by atoms with Crippen LogP contribution in [0.15, 0.2) is 114 Å². The molecule has 4 aromatic rings. The molecular formula is C26H20N2O3S. The van der Waals surface area contributed by atoms with Crippen molar-refractivity contribution in [1.29, 1.82) is 0 Å². The summed E-state index contributed by atoms with van der Waals surface area (Å²) >= 11 is 1.38.